The van der Waals surface area contributed by atoms with Crippen LogP contribution < -0.4 is 4.74 Å². The highest BCUT2D eigenvalue weighted by molar-refractivity contribution is 5.92. The van der Waals surface area contributed by atoms with E-state index in [9.17, 15) is 4.79 Å². The van der Waals surface area contributed by atoms with Gasteiger partial charge in [-0.25, -0.2) is 4.79 Å². The molecule has 0 fully saturated rings. The van der Waals surface area contributed by atoms with E-state index in [4.69, 9.17) is 9.47 Å². The van der Waals surface area contributed by atoms with Crippen molar-refractivity contribution in [2.45, 2.75) is 33.6 Å². The maximum Gasteiger partial charge on any atom is 0.341 e. The van der Waals surface area contributed by atoms with E-state index in [1.807, 2.05) is 19.1 Å². The number of benzene rings is 1. The molecule has 0 spiro atoms. The second-order valence-electron chi connectivity index (χ2n) is 3.92. The molecule has 0 aliphatic carbocycles. The fourth-order valence-corrected chi connectivity index (χ4v) is 1.45. The minimum atomic E-state index is -0.320. The van der Waals surface area contributed by atoms with Crippen molar-refractivity contribution in [3.8, 4) is 5.75 Å². The molecular formula is C14H20O3. The second-order valence-corrected chi connectivity index (χ2v) is 3.92. The fourth-order valence-electron chi connectivity index (χ4n) is 1.45. The topological polar surface area (TPSA) is 35.5 Å². The van der Waals surface area contributed by atoms with Gasteiger partial charge in [-0.05, 0) is 38.0 Å². The Balaban J connectivity index is 2.83. The summed E-state index contributed by atoms with van der Waals surface area (Å²) in [5, 5.41) is 0. The van der Waals surface area contributed by atoms with Crippen molar-refractivity contribution in [3.63, 3.8) is 0 Å². The molecule has 3 nitrogen and oxygen atoms in total. The van der Waals surface area contributed by atoms with Crippen LogP contribution in [-0.4, -0.2) is 19.2 Å². The van der Waals surface area contributed by atoms with Crippen molar-refractivity contribution in [1.82, 2.24) is 0 Å². The molecule has 3 heteroatoms. The van der Waals surface area contributed by atoms with Crippen molar-refractivity contribution in [2.75, 3.05) is 13.2 Å². The summed E-state index contributed by atoms with van der Waals surface area (Å²) < 4.78 is 10.6. The van der Waals surface area contributed by atoms with Crippen LogP contribution in [0.2, 0.25) is 0 Å². The average Bonchev–Trinajstić information content (AvgIpc) is 2.30. The van der Waals surface area contributed by atoms with E-state index in [1.165, 1.54) is 0 Å². The molecule has 0 bridgehead atoms. The van der Waals surface area contributed by atoms with Gasteiger partial charge in [0.25, 0.3) is 0 Å². The molecular weight excluding hydrogens is 216 g/mol. The van der Waals surface area contributed by atoms with E-state index in [2.05, 4.69) is 6.92 Å². The Labute approximate surface area is 103 Å². The number of ether oxygens (including phenoxy) is 2. The summed E-state index contributed by atoms with van der Waals surface area (Å²) in [7, 11) is 0. The first kappa shape index (κ1) is 13.6. The number of carbonyl (C=O) groups excluding carboxylic acids is 1. The highest BCUT2D eigenvalue weighted by atomic mass is 16.5. The first-order valence-corrected chi connectivity index (χ1v) is 6.09. The largest absolute Gasteiger partial charge is 0.493 e. The van der Waals surface area contributed by atoms with Gasteiger partial charge in [0, 0.05) is 0 Å². The number of unbranched alkanes of at least 4 members (excludes halogenated alkanes) is 1. The summed E-state index contributed by atoms with van der Waals surface area (Å²) >= 11 is 0. The van der Waals surface area contributed by atoms with Crippen LogP contribution in [0, 0.1) is 6.92 Å². The van der Waals surface area contributed by atoms with E-state index in [0.717, 1.165) is 18.4 Å². The third-order valence-corrected chi connectivity index (χ3v) is 2.39. The standard InChI is InChI=1S/C14H20O3/c1-4-6-9-17-13-10-11(3)7-8-12(13)14(15)16-5-2/h7-8,10H,4-6,9H2,1-3H3. The first-order valence-electron chi connectivity index (χ1n) is 6.09. The molecule has 0 aromatic heterocycles. The Bertz CT molecular complexity index is 372. The first-order chi connectivity index (χ1) is 8.19. The SMILES string of the molecule is CCCCOc1cc(C)ccc1C(=O)OCC. The summed E-state index contributed by atoms with van der Waals surface area (Å²) in [6.07, 6.45) is 2.05. The molecule has 0 radical (unpaired) electrons. The molecule has 0 atom stereocenters. The van der Waals surface area contributed by atoms with Crippen LogP contribution in [0.5, 0.6) is 5.75 Å². The molecule has 1 aromatic rings. The van der Waals surface area contributed by atoms with E-state index in [0.29, 0.717) is 24.5 Å². The van der Waals surface area contributed by atoms with Crippen molar-refractivity contribution < 1.29 is 14.3 Å². The lowest BCUT2D eigenvalue weighted by Gasteiger charge is -2.11. The Morgan fingerprint density at radius 2 is 2.06 bits per heavy atom. The molecule has 0 aliphatic heterocycles. The highest BCUT2D eigenvalue weighted by Crippen LogP contribution is 2.21. The Kier molecular flexibility index (Phi) is 5.53. The van der Waals surface area contributed by atoms with Crippen molar-refractivity contribution in [2.24, 2.45) is 0 Å². The number of carbonyl (C=O) groups is 1. The summed E-state index contributed by atoms with van der Waals surface area (Å²) in [5.41, 5.74) is 1.58. The van der Waals surface area contributed by atoms with Gasteiger partial charge in [0.05, 0.1) is 13.2 Å². The minimum Gasteiger partial charge on any atom is -0.493 e. The number of esters is 1. The van der Waals surface area contributed by atoms with Crippen LogP contribution in [0.4, 0.5) is 0 Å². The molecule has 0 N–H and O–H groups in total. The predicted octanol–water partition coefficient (Wildman–Crippen LogP) is 3.35. The fraction of sp³-hybridized carbons (Fsp3) is 0.500. The average molecular weight is 236 g/mol. The predicted molar refractivity (Wildman–Crippen MR) is 67.5 cm³/mol. The molecule has 0 saturated heterocycles. The second kappa shape index (κ2) is 6.94. The zero-order chi connectivity index (χ0) is 12.7. The number of rotatable bonds is 6. The van der Waals surface area contributed by atoms with Gasteiger partial charge in [0.15, 0.2) is 0 Å². The summed E-state index contributed by atoms with van der Waals surface area (Å²) in [6, 6.07) is 5.52. The van der Waals surface area contributed by atoms with Gasteiger partial charge in [-0.1, -0.05) is 19.4 Å². The quantitative estimate of drug-likeness (QED) is 0.561. The molecule has 1 aromatic carbocycles. The number of aryl methyl sites for hydroxylation is 1. The van der Waals surface area contributed by atoms with Crippen LogP contribution in [-0.2, 0) is 4.74 Å². The van der Waals surface area contributed by atoms with Crippen LogP contribution >= 0.6 is 0 Å². The monoisotopic (exact) mass is 236 g/mol. The molecule has 94 valence electrons. The molecule has 1 rings (SSSR count). The minimum absolute atomic E-state index is 0.320. The van der Waals surface area contributed by atoms with Gasteiger partial charge in [-0.3, -0.25) is 0 Å². The summed E-state index contributed by atoms with van der Waals surface area (Å²) in [6.45, 7) is 6.88. The van der Waals surface area contributed by atoms with Crippen LogP contribution in [0.15, 0.2) is 18.2 Å². The Morgan fingerprint density at radius 3 is 2.71 bits per heavy atom. The number of hydrogen-bond donors (Lipinski definition) is 0. The number of hydrogen-bond acceptors (Lipinski definition) is 3. The zero-order valence-corrected chi connectivity index (χ0v) is 10.8. The van der Waals surface area contributed by atoms with E-state index in [1.54, 1.807) is 13.0 Å². The Hall–Kier alpha value is -1.51. The van der Waals surface area contributed by atoms with Crippen molar-refractivity contribution >= 4 is 5.97 Å². The molecule has 0 saturated carbocycles. The van der Waals surface area contributed by atoms with Gasteiger partial charge in [0.2, 0.25) is 0 Å². The van der Waals surface area contributed by atoms with Crippen LogP contribution in [0.1, 0.15) is 42.6 Å². The van der Waals surface area contributed by atoms with Gasteiger partial charge in [-0.15, -0.1) is 0 Å². The summed E-state index contributed by atoms with van der Waals surface area (Å²) in [5.74, 6) is 0.302. The summed E-state index contributed by atoms with van der Waals surface area (Å²) in [4.78, 5) is 11.7. The lowest BCUT2D eigenvalue weighted by Crippen LogP contribution is -2.08. The van der Waals surface area contributed by atoms with Crippen LogP contribution in [0.3, 0.4) is 0 Å². The zero-order valence-electron chi connectivity index (χ0n) is 10.8. The third-order valence-electron chi connectivity index (χ3n) is 2.39. The smallest absolute Gasteiger partial charge is 0.341 e. The highest BCUT2D eigenvalue weighted by Gasteiger charge is 2.13. The Morgan fingerprint density at radius 1 is 1.29 bits per heavy atom. The van der Waals surface area contributed by atoms with Gasteiger partial charge in [0.1, 0.15) is 11.3 Å². The van der Waals surface area contributed by atoms with E-state index in [-0.39, 0.29) is 5.97 Å². The lowest BCUT2D eigenvalue weighted by molar-refractivity contribution is 0.0521. The maximum atomic E-state index is 11.7. The van der Waals surface area contributed by atoms with E-state index >= 15 is 0 Å². The normalized spacial score (nSPS) is 10.1. The van der Waals surface area contributed by atoms with Gasteiger partial charge < -0.3 is 9.47 Å². The molecule has 0 aliphatic rings. The van der Waals surface area contributed by atoms with Crippen molar-refractivity contribution in [1.29, 1.82) is 0 Å². The van der Waals surface area contributed by atoms with Gasteiger partial charge in [-0.2, -0.15) is 0 Å². The van der Waals surface area contributed by atoms with Crippen molar-refractivity contribution in [3.05, 3.63) is 29.3 Å². The molecule has 17 heavy (non-hydrogen) atoms. The third kappa shape index (κ3) is 4.10. The molecule has 0 amide bonds. The van der Waals surface area contributed by atoms with Gasteiger partial charge >= 0.3 is 5.97 Å². The maximum absolute atomic E-state index is 11.7. The molecule has 0 heterocycles. The van der Waals surface area contributed by atoms with Crippen LogP contribution in [0.25, 0.3) is 0 Å². The van der Waals surface area contributed by atoms with E-state index < -0.39 is 0 Å². The molecule has 0 unspecified atom stereocenters. The lowest BCUT2D eigenvalue weighted by atomic mass is 10.1.